The van der Waals surface area contributed by atoms with Crippen molar-refractivity contribution in [1.82, 2.24) is 0 Å². The summed E-state index contributed by atoms with van der Waals surface area (Å²) >= 11 is 0. The third-order valence-corrected chi connectivity index (χ3v) is 4.04. The van der Waals surface area contributed by atoms with E-state index in [9.17, 15) is 0 Å². The SMILES string of the molecule is C[C@@H]1CCC2C(C)(C)CC=C[C@@]2(C)O1. The third kappa shape index (κ3) is 1.52. The monoisotopic (exact) mass is 194 g/mol. The Hall–Kier alpha value is -0.300. The average Bonchev–Trinajstić information content (AvgIpc) is 2.00. The number of rotatable bonds is 0. The predicted octanol–water partition coefficient (Wildman–Crippen LogP) is 3.55. The first-order chi connectivity index (χ1) is 6.44. The van der Waals surface area contributed by atoms with Gasteiger partial charge in [0, 0.05) is 0 Å². The number of hydrogen-bond donors (Lipinski definition) is 0. The van der Waals surface area contributed by atoms with Crippen molar-refractivity contribution in [2.24, 2.45) is 11.3 Å². The number of fused-ring (bicyclic) bond motifs is 1. The van der Waals surface area contributed by atoms with Crippen LogP contribution in [-0.4, -0.2) is 11.7 Å². The highest BCUT2D eigenvalue weighted by Crippen LogP contribution is 2.49. The Morgan fingerprint density at radius 3 is 2.64 bits per heavy atom. The molecular formula is C13H22O. The summed E-state index contributed by atoms with van der Waals surface area (Å²) in [6, 6.07) is 0. The lowest BCUT2D eigenvalue weighted by molar-refractivity contribution is -0.150. The molecule has 80 valence electrons. The van der Waals surface area contributed by atoms with Gasteiger partial charge in [-0.1, -0.05) is 26.0 Å². The molecule has 1 aliphatic carbocycles. The summed E-state index contributed by atoms with van der Waals surface area (Å²) in [7, 11) is 0. The van der Waals surface area contributed by atoms with Gasteiger partial charge in [0.05, 0.1) is 11.7 Å². The average molecular weight is 194 g/mol. The first-order valence-corrected chi connectivity index (χ1v) is 5.79. The van der Waals surface area contributed by atoms with Gasteiger partial charge in [-0.2, -0.15) is 0 Å². The molecule has 1 heteroatoms. The van der Waals surface area contributed by atoms with Crippen LogP contribution >= 0.6 is 0 Å². The van der Waals surface area contributed by atoms with Crippen molar-refractivity contribution >= 4 is 0 Å². The maximum atomic E-state index is 6.13. The molecule has 0 amide bonds. The minimum atomic E-state index is -0.000579. The van der Waals surface area contributed by atoms with E-state index < -0.39 is 0 Å². The van der Waals surface area contributed by atoms with E-state index in [-0.39, 0.29) is 5.60 Å². The molecule has 14 heavy (non-hydrogen) atoms. The molecular weight excluding hydrogens is 172 g/mol. The van der Waals surface area contributed by atoms with Gasteiger partial charge >= 0.3 is 0 Å². The lowest BCUT2D eigenvalue weighted by Gasteiger charge is -2.51. The van der Waals surface area contributed by atoms with Gasteiger partial charge in [-0.15, -0.1) is 0 Å². The van der Waals surface area contributed by atoms with Crippen LogP contribution in [0.4, 0.5) is 0 Å². The second-order valence-corrected chi connectivity index (χ2v) is 5.84. The Morgan fingerprint density at radius 1 is 1.21 bits per heavy atom. The molecule has 1 unspecified atom stereocenters. The second-order valence-electron chi connectivity index (χ2n) is 5.84. The zero-order valence-corrected chi connectivity index (χ0v) is 9.84. The fraction of sp³-hybridized carbons (Fsp3) is 0.846. The highest BCUT2D eigenvalue weighted by molar-refractivity contribution is 5.14. The van der Waals surface area contributed by atoms with E-state index in [4.69, 9.17) is 4.74 Å². The van der Waals surface area contributed by atoms with Crippen molar-refractivity contribution in [1.29, 1.82) is 0 Å². The van der Waals surface area contributed by atoms with Gasteiger partial charge < -0.3 is 4.74 Å². The topological polar surface area (TPSA) is 9.23 Å². The molecule has 1 aliphatic heterocycles. The molecule has 0 saturated carbocycles. The zero-order valence-electron chi connectivity index (χ0n) is 9.84. The van der Waals surface area contributed by atoms with Gasteiger partial charge in [-0.3, -0.25) is 0 Å². The maximum absolute atomic E-state index is 6.13. The molecule has 1 saturated heterocycles. The molecule has 0 aromatic rings. The summed E-state index contributed by atoms with van der Waals surface area (Å²) in [5.74, 6) is 0.691. The van der Waals surface area contributed by atoms with Crippen molar-refractivity contribution in [3.8, 4) is 0 Å². The standard InChI is InChI=1S/C13H22O/c1-10-6-7-11-12(2,3)8-5-9-13(11,4)14-10/h5,9-11H,6-8H2,1-4H3/t10-,11?,13-/m1/s1. The van der Waals surface area contributed by atoms with E-state index in [1.54, 1.807) is 0 Å². The van der Waals surface area contributed by atoms with Gasteiger partial charge in [-0.25, -0.2) is 0 Å². The lowest BCUT2D eigenvalue weighted by Crippen LogP contribution is -2.51. The Bertz CT molecular complexity index is 254. The van der Waals surface area contributed by atoms with Crippen molar-refractivity contribution in [2.75, 3.05) is 0 Å². The molecule has 1 fully saturated rings. The van der Waals surface area contributed by atoms with E-state index in [0.29, 0.717) is 17.4 Å². The molecule has 0 radical (unpaired) electrons. The molecule has 2 rings (SSSR count). The quantitative estimate of drug-likeness (QED) is 0.536. The Balaban J connectivity index is 2.29. The van der Waals surface area contributed by atoms with Crippen LogP contribution in [0, 0.1) is 11.3 Å². The van der Waals surface area contributed by atoms with E-state index >= 15 is 0 Å². The highest BCUT2D eigenvalue weighted by atomic mass is 16.5. The lowest BCUT2D eigenvalue weighted by atomic mass is 9.62. The summed E-state index contributed by atoms with van der Waals surface area (Å²) in [5, 5.41) is 0. The smallest absolute Gasteiger partial charge is 0.0871 e. The van der Waals surface area contributed by atoms with Gasteiger partial charge in [0.1, 0.15) is 0 Å². The first kappa shape index (κ1) is 10.2. The maximum Gasteiger partial charge on any atom is 0.0871 e. The summed E-state index contributed by atoms with van der Waals surface area (Å²) in [4.78, 5) is 0. The van der Waals surface area contributed by atoms with Crippen LogP contribution < -0.4 is 0 Å². The van der Waals surface area contributed by atoms with Crippen LogP contribution in [-0.2, 0) is 4.74 Å². The molecule has 0 spiro atoms. The third-order valence-electron chi connectivity index (χ3n) is 4.04. The fourth-order valence-corrected chi connectivity index (χ4v) is 3.32. The predicted molar refractivity (Wildman–Crippen MR) is 59.2 cm³/mol. The first-order valence-electron chi connectivity index (χ1n) is 5.79. The van der Waals surface area contributed by atoms with Crippen LogP contribution in [0.3, 0.4) is 0 Å². The normalized spacial score (nSPS) is 46.0. The molecule has 0 N–H and O–H groups in total. The van der Waals surface area contributed by atoms with Gasteiger partial charge in [0.2, 0.25) is 0 Å². The highest BCUT2D eigenvalue weighted by Gasteiger charge is 2.47. The molecule has 0 bridgehead atoms. The Morgan fingerprint density at radius 2 is 1.93 bits per heavy atom. The minimum absolute atomic E-state index is 0.000579. The molecule has 1 nitrogen and oxygen atoms in total. The van der Waals surface area contributed by atoms with E-state index in [0.717, 1.165) is 0 Å². The van der Waals surface area contributed by atoms with Crippen molar-refractivity contribution in [3.05, 3.63) is 12.2 Å². The number of ether oxygens (including phenoxy) is 1. The largest absolute Gasteiger partial charge is 0.368 e. The van der Waals surface area contributed by atoms with Crippen LogP contribution in [0.2, 0.25) is 0 Å². The Kier molecular flexibility index (Phi) is 2.26. The number of allylic oxidation sites excluding steroid dienone is 1. The van der Waals surface area contributed by atoms with Crippen molar-refractivity contribution in [3.63, 3.8) is 0 Å². The molecule has 0 aromatic heterocycles. The van der Waals surface area contributed by atoms with E-state index in [2.05, 4.69) is 39.8 Å². The summed E-state index contributed by atoms with van der Waals surface area (Å²) < 4.78 is 6.13. The molecule has 3 atom stereocenters. The summed E-state index contributed by atoms with van der Waals surface area (Å²) in [6.45, 7) is 9.19. The second kappa shape index (κ2) is 3.10. The van der Waals surface area contributed by atoms with Crippen molar-refractivity contribution in [2.45, 2.75) is 58.7 Å². The Labute approximate surface area is 87.5 Å². The number of hydrogen-bond acceptors (Lipinski definition) is 1. The van der Waals surface area contributed by atoms with Crippen LogP contribution in [0.25, 0.3) is 0 Å². The zero-order chi connectivity index (χ0) is 10.4. The van der Waals surface area contributed by atoms with Gasteiger partial charge in [0.15, 0.2) is 0 Å². The summed E-state index contributed by atoms with van der Waals surface area (Å²) in [6.07, 6.45) is 8.75. The van der Waals surface area contributed by atoms with E-state index in [1.807, 2.05) is 0 Å². The van der Waals surface area contributed by atoms with Gasteiger partial charge in [-0.05, 0) is 44.4 Å². The van der Waals surface area contributed by atoms with E-state index in [1.165, 1.54) is 19.3 Å². The summed E-state index contributed by atoms with van der Waals surface area (Å²) in [5.41, 5.74) is 0.406. The fourth-order valence-electron chi connectivity index (χ4n) is 3.32. The van der Waals surface area contributed by atoms with Crippen LogP contribution in [0.15, 0.2) is 12.2 Å². The van der Waals surface area contributed by atoms with Gasteiger partial charge in [0.25, 0.3) is 0 Å². The molecule has 2 aliphatic rings. The molecule has 1 heterocycles. The van der Waals surface area contributed by atoms with Crippen LogP contribution in [0.5, 0.6) is 0 Å². The molecule has 0 aromatic carbocycles. The van der Waals surface area contributed by atoms with Crippen LogP contribution in [0.1, 0.15) is 47.0 Å². The van der Waals surface area contributed by atoms with Crippen molar-refractivity contribution < 1.29 is 4.74 Å². The minimum Gasteiger partial charge on any atom is -0.368 e.